The van der Waals surface area contributed by atoms with Gasteiger partial charge in [-0.1, -0.05) is 6.92 Å². The predicted molar refractivity (Wildman–Crippen MR) is 85.7 cm³/mol. The van der Waals surface area contributed by atoms with Crippen molar-refractivity contribution in [2.24, 2.45) is 5.92 Å². The summed E-state index contributed by atoms with van der Waals surface area (Å²) in [6.07, 6.45) is 2.06. The Morgan fingerprint density at radius 3 is 3.00 bits per heavy atom. The van der Waals surface area contributed by atoms with E-state index in [1.165, 1.54) is 0 Å². The average Bonchev–Trinajstić information content (AvgIpc) is 2.32. The van der Waals surface area contributed by atoms with Crippen LogP contribution in [0.3, 0.4) is 0 Å². The molecule has 5 heteroatoms. The third kappa shape index (κ3) is 3.68. The Morgan fingerprint density at radius 1 is 1.56 bits per heavy atom. The maximum absolute atomic E-state index is 12.2. The monoisotopic (exact) mass is 422 g/mol. The van der Waals surface area contributed by atoms with Crippen molar-refractivity contribution < 1.29 is 4.79 Å². The van der Waals surface area contributed by atoms with Crippen molar-refractivity contribution in [2.45, 2.75) is 25.8 Å². The summed E-state index contributed by atoms with van der Waals surface area (Å²) in [7, 11) is 0. The first kappa shape index (κ1) is 14.3. The Morgan fingerprint density at radius 2 is 2.33 bits per heavy atom. The molecule has 98 valence electrons. The molecule has 0 saturated carbocycles. The quantitative estimate of drug-likeness (QED) is 0.717. The highest BCUT2D eigenvalue weighted by Crippen LogP contribution is 2.25. The molecule has 0 spiro atoms. The molecule has 0 aromatic heterocycles. The Bertz CT molecular complexity index is 453. The largest absolute Gasteiger partial charge is 0.324 e. The van der Waals surface area contributed by atoms with Crippen LogP contribution in [0.4, 0.5) is 5.69 Å². The lowest BCUT2D eigenvalue weighted by atomic mass is 9.94. The number of piperidine rings is 1. The first-order chi connectivity index (χ1) is 8.56. The van der Waals surface area contributed by atoms with Gasteiger partial charge in [-0.3, -0.25) is 4.79 Å². The number of carbonyl (C=O) groups is 1. The van der Waals surface area contributed by atoms with Gasteiger partial charge in [-0.2, -0.15) is 0 Å². The standard InChI is InChI=1S/C13H16BrIN2O/c1-8-4-5-16-12(6-8)13(18)17-11-3-2-9(15)7-10(11)14/h2-3,7-8,12,16H,4-6H2,1H3,(H,17,18). The van der Waals surface area contributed by atoms with Crippen LogP contribution in [0, 0.1) is 9.49 Å². The minimum Gasteiger partial charge on any atom is -0.324 e. The van der Waals surface area contributed by atoms with Crippen molar-refractivity contribution in [3.63, 3.8) is 0 Å². The number of rotatable bonds is 2. The molecule has 18 heavy (non-hydrogen) atoms. The molecule has 1 heterocycles. The Kier molecular flexibility index (Phi) is 5.03. The second kappa shape index (κ2) is 6.34. The van der Waals surface area contributed by atoms with Crippen molar-refractivity contribution in [2.75, 3.05) is 11.9 Å². The number of amides is 1. The van der Waals surface area contributed by atoms with Crippen LogP contribution in [0.15, 0.2) is 22.7 Å². The third-order valence-corrected chi connectivity index (χ3v) is 4.50. The van der Waals surface area contributed by atoms with Gasteiger partial charge in [0.25, 0.3) is 0 Å². The van der Waals surface area contributed by atoms with Gasteiger partial charge in [0, 0.05) is 8.04 Å². The lowest BCUT2D eigenvalue weighted by Gasteiger charge is -2.27. The van der Waals surface area contributed by atoms with E-state index in [0.29, 0.717) is 5.92 Å². The molecule has 2 rings (SSSR count). The molecule has 1 fully saturated rings. The van der Waals surface area contributed by atoms with Gasteiger partial charge in [0.05, 0.1) is 11.7 Å². The molecule has 2 N–H and O–H groups in total. The number of halogens is 2. The topological polar surface area (TPSA) is 41.1 Å². The molecule has 1 amide bonds. The van der Waals surface area contributed by atoms with E-state index in [2.05, 4.69) is 56.1 Å². The molecule has 0 aliphatic carbocycles. The summed E-state index contributed by atoms with van der Waals surface area (Å²) >= 11 is 5.72. The number of carbonyl (C=O) groups excluding carboxylic acids is 1. The Labute approximate surface area is 129 Å². The van der Waals surface area contributed by atoms with Crippen LogP contribution in [-0.2, 0) is 4.79 Å². The van der Waals surface area contributed by atoms with E-state index in [9.17, 15) is 4.79 Å². The molecule has 2 atom stereocenters. The minimum atomic E-state index is -0.0695. The molecular formula is C13H16BrIN2O. The van der Waals surface area contributed by atoms with Crippen molar-refractivity contribution in [3.05, 3.63) is 26.2 Å². The van der Waals surface area contributed by atoms with Crippen molar-refractivity contribution in [1.29, 1.82) is 0 Å². The highest BCUT2D eigenvalue weighted by molar-refractivity contribution is 14.1. The summed E-state index contributed by atoms with van der Waals surface area (Å²) in [6, 6.07) is 5.83. The number of hydrogen-bond donors (Lipinski definition) is 2. The smallest absolute Gasteiger partial charge is 0.241 e. The highest BCUT2D eigenvalue weighted by Gasteiger charge is 2.24. The summed E-state index contributed by atoms with van der Waals surface area (Å²) in [6.45, 7) is 3.12. The summed E-state index contributed by atoms with van der Waals surface area (Å²) in [4.78, 5) is 12.2. The number of anilines is 1. The number of benzene rings is 1. The average molecular weight is 423 g/mol. The normalized spacial score (nSPS) is 23.7. The number of hydrogen-bond acceptors (Lipinski definition) is 2. The predicted octanol–water partition coefficient (Wildman–Crippen LogP) is 3.38. The Hall–Kier alpha value is -0.140. The van der Waals surface area contributed by atoms with Gasteiger partial charge >= 0.3 is 0 Å². The second-order valence-corrected chi connectivity index (χ2v) is 6.85. The zero-order valence-electron chi connectivity index (χ0n) is 10.2. The summed E-state index contributed by atoms with van der Waals surface area (Å²) in [5.41, 5.74) is 0.834. The van der Waals surface area contributed by atoms with Crippen molar-refractivity contribution in [3.8, 4) is 0 Å². The zero-order chi connectivity index (χ0) is 13.1. The van der Waals surface area contributed by atoms with Gasteiger partial charge < -0.3 is 10.6 Å². The van der Waals surface area contributed by atoms with Gasteiger partial charge in [-0.25, -0.2) is 0 Å². The lowest BCUT2D eigenvalue weighted by Crippen LogP contribution is -2.45. The molecule has 0 bridgehead atoms. The fraction of sp³-hybridized carbons (Fsp3) is 0.462. The highest BCUT2D eigenvalue weighted by atomic mass is 127. The molecule has 3 nitrogen and oxygen atoms in total. The first-order valence-electron chi connectivity index (χ1n) is 6.05. The first-order valence-corrected chi connectivity index (χ1v) is 7.92. The van der Waals surface area contributed by atoms with Gasteiger partial charge in [0.2, 0.25) is 5.91 Å². The summed E-state index contributed by atoms with van der Waals surface area (Å²) in [5.74, 6) is 0.672. The Balaban J connectivity index is 2.02. The van der Waals surface area contributed by atoms with Crippen LogP contribution < -0.4 is 10.6 Å². The molecule has 0 radical (unpaired) electrons. The fourth-order valence-electron chi connectivity index (χ4n) is 2.12. The van der Waals surface area contributed by atoms with E-state index in [4.69, 9.17) is 0 Å². The van der Waals surface area contributed by atoms with E-state index in [-0.39, 0.29) is 11.9 Å². The zero-order valence-corrected chi connectivity index (χ0v) is 13.9. The summed E-state index contributed by atoms with van der Waals surface area (Å²) < 4.78 is 2.06. The van der Waals surface area contributed by atoms with Crippen LogP contribution in [0.1, 0.15) is 19.8 Å². The molecular weight excluding hydrogens is 407 g/mol. The maximum atomic E-state index is 12.2. The van der Waals surface area contributed by atoms with Crippen LogP contribution >= 0.6 is 38.5 Å². The van der Waals surface area contributed by atoms with Gasteiger partial charge in [-0.05, 0) is 82.0 Å². The maximum Gasteiger partial charge on any atom is 0.241 e. The third-order valence-electron chi connectivity index (χ3n) is 3.17. The second-order valence-electron chi connectivity index (χ2n) is 4.75. The van der Waals surface area contributed by atoms with Gasteiger partial charge in [0.1, 0.15) is 0 Å². The van der Waals surface area contributed by atoms with E-state index < -0.39 is 0 Å². The molecule has 2 unspecified atom stereocenters. The number of nitrogens with one attached hydrogen (secondary N) is 2. The lowest BCUT2D eigenvalue weighted by molar-refractivity contribution is -0.119. The molecule has 1 aliphatic heterocycles. The van der Waals surface area contributed by atoms with Crippen LogP contribution in [0.2, 0.25) is 0 Å². The van der Waals surface area contributed by atoms with Crippen molar-refractivity contribution in [1.82, 2.24) is 5.32 Å². The van der Waals surface area contributed by atoms with E-state index in [1.807, 2.05) is 18.2 Å². The summed E-state index contributed by atoms with van der Waals surface area (Å²) in [5, 5.41) is 6.25. The molecule has 1 aliphatic rings. The van der Waals surface area contributed by atoms with Crippen LogP contribution in [0.25, 0.3) is 0 Å². The molecule has 1 saturated heterocycles. The van der Waals surface area contributed by atoms with E-state index in [1.54, 1.807) is 0 Å². The fourth-order valence-corrected chi connectivity index (χ4v) is 3.52. The molecule has 1 aromatic rings. The van der Waals surface area contributed by atoms with Gasteiger partial charge in [0.15, 0.2) is 0 Å². The van der Waals surface area contributed by atoms with Crippen molar-refractivity contribution >= 4 is 50.1 Å². The van der Waals surface area contributed by atoms with E-state index >= 15 is 0 Å². The SMILES string of the molecule is CC1CCNC(C(=O)Nc2ccc(I)cc2Br)C1. The molecule has 1 aromatic carbocycles. The van der Waals surface area contributed by atoms with Crippen LogP contribution in [-0.4, -0.2) is 18.5 Å². The minimum absolute atomic E-state index is 0.0588. The van der Waals surface area contributed by atoms with Crippen LogP contribution in [0.5, 0.6) is 0 Å². The van der Waals surface area contributed by atoms with E-state index in [0.717, 1.165) is 33.1 Å². The van der Waals surface area contributed by atoms with Gasteiger partial charge in [-0.15, -0.1) is 0 Å².